The van der Waals surface area contributed by atoms with E-state index in [1.807, 2.05) is 50.2 Å². The molecule has 0 amide bonds. The largest absolute Gasteiger partial charge is 0.497 e. The minimum Gasteiger partial charge on any atom is -0.497 e. The van der Waals surface area contributed by atoms with Crippen LogP contribution in [0.1, 0.15) is 28.4 Å². The van der Waals surface area contributed by atoms with E-state index in [1.54, 1.807) is 7.11 Å². The molecule has 1 atom stereocenters. The number of rotatable bonds is 2. The molecule has 0 spiro atoms. The predicted octanol–water partition coefficient (Wildman–Crippen LogP) is 4.72. The fourth-order valence-corrected chi connectivity index (χ4v) is 3.35. The summed E-state index contributed by atoms with van der Waals surface area (Å²) < 4.78 is 6.03. The second-order valence-electron chi connectivity index (χ2n) is 5.45. The first-order chi connectivity index (χ1) is 10.5. The SMILES string of the molecule is COc1ccc(C2=Nc3c(Br)cc(C)cc3C(=O)C2C)cc1. The summed E-state index contributed by atoms with van der Waals surface area (Å²) in [6, 6.07) is 11.5. The number of Topliss-reactive ketones (excluding diaryl/α,β-unsaturated/α-hetero) is 1. The zero-order valence-electron chi connectivity index (χ0n) is 12.7. The van der Waals surface area contributed by atoms with E-state index < -0.39 is 0 Å². The first kappa shape index (κ1) is 15.0. The number of halogens is 1. The molecule has 0 bridgehead atoms. The van der Waals surface area contributed by atoms with Crippen LogP contribution in [0.15, 0.2) is 45.9 Å². The summed E-state index contributed by atoms with van der Waals surface area (Å²) in [4.78, 5) is 17.5. The Kier molecular flexibility index (Phi) is 3.87. The highest BCUT2D eigenvalue weighted by Crippen LogP contribution is 2.37. The van der Waals surface area contributed by atoms with Crippen LogP contribution in [0.3, 0.4) is 0 Å². The molecule has 1 unspecified atom stereocenters. The molecule has 0 aliphatic carbocycles. The topological polar surface area (TPSA) is 38.7 Å². The van der Waals surface area contributed by atoms with Crippen LogP contribution < -0.4 is 4.74 Å². The third kappa shape index (κ3) is 2.48. The molecule has 2 aromatic carbocycles. The summed E-state index contributed by atoms with van der Waals surface area (Å²) in [5.41, 5.74) is 4.20. The quantitative estimate of drug-likeness (QED) is 0.779. The van der Waals surface area contributed by atoms with Crippen molar-refractivity contribution in [3.63, 3.8) is 0 Å². The van der Waals surface area contributed by atoms with E-state index in [4.69, 9.17) is 9.73 Å². The van der Waals surface area contributed by atoms with Crippen molar-refractivity contribution < 1.29 is 9.53 Å². The number of aryl methyl sites for hydroxylation is 1. The number of methoxy groups -OCH3 is 1. The zero-order valence-corrected chi connectivity index (χ0v) is 14.3. The molecule has 0 saturated heterocycles. The highest BCUT2D eigenvalue weighted by molar-refractivity contribution is 9.10. The van der Waals surface area contributed by atoms with Crippen molar-refractivity contribution in [3.05, 3.63) is 57.6 Å². The molecule has 2 aromatic rings. The van der Waals surface area contributed by atoms with E-state index in [1.165, 1.54) is 0 Å². The van der Waals surface area contributed by atoms with Crippen LogP contribution in [0.25, 0.3) is 0 Å². The molecule has 22 heavy (non-hydrogen) atoms. The van der Waals surface area contributed by atoms with Crippen LogP contribution in [0.5, 0.6) is 5.75 Å². The van der Waals surface area contributed by atoms with Crippen molar-refractivity contribution in [2.24, 2.45) is 10.9 Å². The van der Waals surface area contributed by atoms with Gasteiger partial charge in [-0.1, -0.05) is 0 Å². The smallest absolute Gasteiger partial charge is 0.173 e. The highest BCUT2D eigenvalue weighted by Gasteiger charge is 2.30. The number of ketones is 1. The highest BCUT2D eigenvalue weighted by atomic mass is 79.9. The number of carbonyl (C=O) groups excluding carboxylic acids is 1. The predicted molar refractivity (Wildman–Crippen MR) is 91.6 cm³/mol. The standard InChI is InChI=1S/C18H16BrNO2/c1-10-8-14-17(15(19)9-10)20-16(11(2)18(14)21)12-4-6-13(22-3)7-5-12/h4-9,11H,1-3H3. The Hall–Kier alpha value is -1.94. The van der Waals surface area contributed by atoms with E-state index in [2.05, 4.69) is 15.9 Å². The summed E-state index contributed by atoms with van der Waals surface area (Å²) in [6.45, 7) is 3.89. The van der Waals surface area contributed by atoms with E-state index in [-0.39, 0.29) is 11.7 Å². The number of carbonyl (C=O) groups is 1. The summed E-state index contributed by atoms with van der Waals surface area (Å²) >= 11 is 3.52. The lowest BCUT2D eigenvalue weighted by Crippen LogP contribution is -2.26. The van der Waals surface area contributed by atoms with Gasteiger partial charge in [-0.3, -0.25) is 9.79 Å². The van der Waals surface area contributed by atoms with Crippen LogP contribution in [0, 0.1) is 12.8 Å². The molecule has 1 aliphatic heterocycles. The van der Waals surface area contributed by atoms with Gasteiger partial charge in [0, 0.05) is 10.0 Å². The van der Waals surface area contributed by atoms with Gasteiger partial charge in [0.05, 0.1) is 24.4 Å². The number of nitrogens with zero attached hydrogens (tertiary/aromatic N) is 1. The molecule has 4 heteroatoms. The minimum absolute atomic E-state index is 0.111. The summed E-state index contributed by atoms with van der Waals surface area (Å²) in [6.07, 6.45) is 0. The average molecular weight is 358 g/mol. The normalized spacial score (nSPS) is 17.0. The second-order valence-corrected chi connectivity index (χ2v) is 6.31. The molecule has 0 radical (unpaired) electrons. The number of hydrogen-bond acceptors (Lipinski definition) is 3. The molecule has 0 aromatic heterocycles. The Morgan fingerprint density at radius 1 is 1.18 bits per heavy atom. The Labute approximate surface area is 138 Å². The van der Waals surface area contributed by atoms with Gasteiger partial charge in [-0.25, -0.2) is 0 Å². The van der Waals surface area contributed by atoms with Gasteiger partial charge in [-0.15, -0.1) is 0 Å². The van der Waals surface area contributed by atoms with Gasteiger partial charge in [-0.2, -0.15) is 0 Å². The maximum atomic E-state index is 12.7. The molecule has 3 rings (SSSR count). The third-order valence-electron chi connectivity index (χ3n) is 3.89. The van der Waals surface area contributed by atoms with Crippen LogP contribution in [0.2, 0.25) is 0 Å². The number of benzene rings is 2. The minimum atomic E-state index is -0.255. The lowest BCUT2D eigenvalue weighted by Gasteiger charge is -2.22. The third-order valence-corrected chi connectivity index (χ3v) is 4.50. The molecule has 1 aliphatic rings. The Bertz CT molecular complexity index is 778. The van der Waals surface area contributed by atoms with Gasteiger partial charge in [0.2, 0.25) is 0 Å². The summed E-state index contributed by atoms with van der Waals surface area (Å²) in [5, 5.41) is 0. The number of aliphatic imine (C=N–C) groups is 1. The van der Waals surface area contributed by atoms with Gasteiger partial charge in [0.25, 0.3) is 0 Å². The van der Waals surface area contributed by atoms with Crippen molar-refractivity contribution in [3.8, 4) is 5.75 Å². The first-order valence-electron chi connectivity index (χ1n) is 7.08. The van der Waals surface area contributed by atoms with Crippen LogP contribution in [0.4, 0.5) is 5.69 Å². The Morgan fingerprint density at radius 2 is 1.86 bits per heavy atom. The van der Waals surface area contributed by atoms with Gasteiger partial charge in [0.15, 0.2) is 5.78 Å². The van der Waals surface area contributed by atoms with Crippen molar-refractivity contribution >= 4 is 33.1 Å². The molecule has 0 saturated carbocycles. The summed E-state index contributed by atoms with van der Waals surface area (Å²) in [7, 11) is 1.63. The maximum Gasteiger partial charge on any atom is 0.173 e. The van der Waals surface area contributed by atoms with Crippen LogP contribution in [-0.4, -0.2) is 18.6 Å². The van der Waals surface area contributed by atoms with Crippen molar-refractivity contribution in [2.75, 3.05) is 7.11 Å². The van der Waals surface area contributed by atoms with Gasteiger partial charge in [-0.05, 0) is 77.3 Å². The fourth-order valence-electron chi connectivity index (χ4n) is 2.69. The van der Waals surface area contributed by atoms with Crippen molar-refractivity contribution in [1.29, 1.82) is 0 Å². The van der Waals surface area contributed by atoms with E-state index in [0.717, 1.165) is 32.7 Å². The summed E-state index contributed by atoms with van der Waals surface area (Å²) in [5.74, 6) is 0.645. The first-order valence-corrected chi connectivity index (χ1v) is 7.88. The van der Waals surface area contributed by atoms with E-state index >= 15 is 0 Å². The van der Waals surface area contributed by atoms with E-state index in [0.29, 0.717) is 5.56 Å². The molecule has 0 fully saturated rings. The van der Waals surface area contributed by atoms with Crippen LogP contribution in [-0.2, 0) is 0 Å². The fraction of sp³-hybridized carbons (Fsp3) is 0.222. The van der Waals surface area contributed by atoms with Gasteiger partial charge >= 0.3 is 0 Å². The average Bonchev–Trinajstić information content (AvgIpc) is 2.51. The zero-order chi connectivity index (χ0) is 15.9. The molecule has 112 valence electrons. The van der Waals surface area contributed by atoms with Crippen molar-refractivity contribution in [1.82, 2.24) is 0 Å². The molecular formula is C18H16BrNO2. The Balaban J connectivity index is 2.15. The molecular weight excluding hydrogens is 342 g/mol. The number of fused-ring (bicyclic) bond motifs is 1. The lowest BCUT2D eigenvalue weighted by molar-refractivity contribution is 0.0960. The van der Waals surface area contributed by atoms with Crippen LogP contribution >= 0.6 is 15.9 Å². The second kappa shape index (κ2) is 5.69. The molecule has 3 nitrogen and oxygen atoms in total. The lowest BCUT2D eigenvalue weighted by atomic mass is 9.87. The van der Waals surface area contributed by atoms with Gasteiger partial charge < -0.3 is 4.74 Å². The molecule has 1 heterocycles. The van der Waals surface area contributed by atoms with Gasteiger partial charge in [0.1, 0.15) is 5.75 Å². The number of ether oxygens (including phenoxy) is 1. The monoisotopic (exact) mass is 357 g/mol. The molecule has 0 N–H and O–H groups in total. The number of hydrogen-bond donors (Lipinski definition) is 0. The Morgan fingerprint density at radius 3 is 2.50 bits per heavy atom. The van der Waals surface area contributed by atoms with Crippen molar-refractivity contribution in [2.45, 2.75) is 13.8 Å². The maximum absolute atomic E-state index is 12.7. The van der Waals surface area contributed by atoms with E-state index in [9.17, 15) is 4.79 Å².